The van der Waals surface area contributed by atoms with E-state index in [4.69, 9.17) is 0 Å². The normalized spacial score (nSPS) is 12.9. The van der Waals surface area contributed by atoms with Crippen molar-refractivity contribution < 1.29 is 8.78 Å². The standard InChI is InChI=1S/C11H14F2/c1-3-9-5-4-6-10(11(9)13)8(2)7-12/h4-6,8H,3,7H2,1-2H3. The number of hydrogen-bond acceptors (Lipinski definition) is 0. The first-order chi connectivity index (χ1) is 6.20. The molecule has 0 radical (unpaired) electrons. The summed E-state index contributed by atoms with van der Waals surface area (Å²) in [5.74, 6) is -0.582. The first-order valence-corrected chi connectivity index (χ1v) is 4.54. The van der Waals surface area contributed by atoms with E-state index < -0.39 is 6.67 Å². The first kappa shape index (κ1) is 10.2. The SMILES string of the molecule is CCc1cccc(C(C)CF)c1F. The zero-order valence-corrected chi connectivity index (χ0v) is 7.98. The Balaban J connectivity index is 3.08. The Morgan fingerprint density at radius 3 is 2.62 bits per heavy atom. The van der Waals surface area contributed by atoms with E-state index in [-0.39, 0.29) is 11.7 Å². The van der Waals surface area contributed by atoms with Crippen molar-refractivity contribution in [2.24, 2.45) is 0 Å². The number of rotatable bonds is 3. The molecule has 0 N–H and O–H groups in total. The van der Waals surface area contributed by atoms with Crippen LogP contribution in [-0.4, -0.2) is 6.67 Å². The third kappa shape index (κ3) is 2.06. The Labute approximate surface area is 77.6 Å². The summed E-state index contributed by atoms with van der Waals surface area (Å²) in [6.07, 6.45) is 0.651. The van der Waals surface area contributed by atoms with Gasteiger partial charge in [-0.15, -0.1) is 0 Å². The molecule has 1 atom stereocenters. The lowest BCUT2D eigenvalue weighted by molar-refractivity contribution is 0.435. The predicted molar refractivity (Wildman–Crippen MR) is 50.2 cm³/mol. The van der Waals surface area contributed by atoms with Crippen LogP contribution in [0.25, 0.3) is 0 Å². The maximum absolute atomic E-state index is 13.5. The molecule has 0 nitrogen and oxygen atoms in total. The number of alkyl halides is 1. The van der Waals surface area contributed by atoms with Crippen molar-refractivity contribution in [2.45, 2.75) is 26.2 Å². The van der Waals surface area contributed by atoms with Gasteiger partial charge in [-0.1, -0.05) is 32.0 Å². The van der Waals surface area contributed by atoms with Crippen molar-refractivity contribution in [1.82, 2.24) is 0 Å². The zero-order chi connectivity index (χ0) is 9.84. The maximum Gasteiger partial charge on any atom is 0.129 e. The minimum absolute atomic E-state index is 0.241. The van der Waals surface area contributed by atoms with E-state index >= 15 is 0 Å². The Kier molecular flexibility index (Phi) is 3.40. The molecule has 0 heterocycles. The Morgan fingerprint density at radius 1 is 1.38 bits per heavy atom. The summed E-state index contributed by atoms with van der Waals surface area (Å²) in [5.41, 5.74) is 1.15. The molecule has 0 spiro atoms. The van der Waals surface area contributed by atoms with Gasteiger partial charge in [0.05, 0.1) is 6.67 Å². The Bertz CT molecular complexity index is 281. The zero-order valence-electron chi connectivity index (χ0n) is 7.98. The van der Waals surface area contributed by atoms with E-state index in [9.17, 15) is 8.78 Å². The summed E-state index contributed by atoms with van der Waals surface area (Å²) in [6.45, 7) is 3.07. The smallest absolute Gasteiger partial charge is 0.129 e. The lowest BCUT2D eigenvalue weighted by atomic mass is 9.98. The molecule has 0 saturated heterocycles. The van der Waals surface area contributed by atoms with Gasteiger partial charge >= 0.3 is 0 Å². The van der Waals surface area contributed by atoms with Gasteiger partial charge in [-0.3, -0.25) is 4.39 Å². The van der Waals surface area contributed by atoms with Gasteiger partial charge in [0.1, 0.15) is 5.82 Å². The van der Waals surface area contributed by atoms with Crippen LogP contribution >= 0.6 is 0 Å². The van der Waals surface area contributed by atoms with Crippen LogP contribution in [-0.2, 0) is 6.42 Å². The first-order valence-electron chi connectivity index (χ1n) is 4.54. The molecule has 1 rings (SSSR count). The van der Waals surface area contributed by atoms with Crippen LogP contribution in [0.2, 0.25) is 0 Å². The average Bonchev–Trinajstić information content (AvgIpc) is 2.17. The molecular weight excluding hydrogens is 170 g/mol. The van der Waals surface area contributed by atoms with E-state index in [1.165, 1.54) is 0 Å². The van der Waals surface area contributed by atoms with Gasteiger partial charge in [0, 0.05) is 5.92 Å². The monoisotopic (exact) mass is 184 g/mol. The van der Waals surface area contributed by atoms with Crippen molar-refractivity contribution in [3.63, 3.8) is 0 Å². The molecule has 0 bridgehead atoms. The molecule has 0 saturated carbocycles. The quantitative estimate of drug-likeness (QED) is 0.674. The van der Waals surface area contributed by atoms with Gasteiger partial charge in [-0.25, -0.2) is 4.39 Å². The molecule has 1 unspecified atom stereocenters. The summed E-state index contributed by atoms with van der Waals surface area (Å²) in [6, 6.07) is 5.17. The topological polar surface area (TPSA) is 0 Å². The lowest BCUT2D eigenvalue weighted by Crippen LogP contribution is -2.01. The van der Waals surface area contributed by atoms with Gasteiger partial charge in [0.25, 0.3) is 0 Å². The molecule has 0 aliphatic carbocycles. The summed E-state index contributed by atoms with van der Waals surface area (Å²) >= 11 is 0. The van der Waals surface area contributed by atoms with Gasteiger partial charge < -0.3 is 0 Å². The maximum atomic E-state index is 13.5. The van der Waals surface area contributed by atoms with E-state index in [0.717, 1.165) is 0 Å². The van der Waals surface area contributed by atoms with Crippen LogP contribution in [0.5, 0.6) is 0 Å². The van der Waals surface area contributed by atoms with Crippen molar-refractivity contribution in [1.29, 1.82) is 0 Å². The minimum Gasteiger partial charge on any atom is -0.250 e. The number of halogens is 2. The van der Waals surface area contributed by atoms with Crippen LogP contribution in [0.15, 0.2) is 18.2 Å². The molecule has 1 aromatic carbocycles. The van der Waals surface area contributed by atoms with Crippen LogP contribution in [0.1, 0.15) is 30.9 Å². The summed E-state index contributed by atoms with van der Waals surface area (Å²) in [7, 11) is 0. The molecule has 0 aliphatic rings. The van der Waals surface area contributed by atoms with Crippen molar-refractivity contribution >= 4 is 0 Å². The number of aryl methyl sites for hydroxylation is 1. The van der Waals surface area contributed by atoms with E-state index in [2.05, 4.69) is 0 Å². The van der Waals surface area contributed by atoms with Gasteiger partial charge in [-0.2, -0.15) is 0 Å². The van der Waals surface area contributed by atoms with Gasteiger partial charge in [0.15, 0.2) is 0 Å². The molecule has 0 fully saturated rings. The summed E-state index contributed by atoms with van der Waals surface area (Å²) < 4.78 is 25.9. The van der Waals surface area contributed by atoms with Crippen molar-refractivity contribution in [2.75, 3.05) is 6.67 Å². The second kappa shape index (κ2) is 4.35. The molecule has 72 valence electrons. The highest BCUT2D eigenvalue weighted by Gasteiger charge is 2.12. The molecule has 13 heavy (non-hydrogen) atoms. The molecule has 0 aromatic heterocycles. The fourth-order valence-corrected chi connectivity index (χ4v) is 1.34. The average molecular weight is 184 g/mol. The molecule has 0 aliphatic heterocycles. The second-order valence-corrected chi connectivity index (χ2v) is 3.23. The van der Waals surface area contributed by atoms with Gasteiger partial charge in [0.2, 0.25) is 0 Å². The lowest BCUT2D eigenvalue weighted by Gasteiger charge is -2.10. The molecular formula is C11H14F2. The van der Waals surface area contributed by atoms with Crippen molar-refractivity contribution in [3.05, 3.63) is 35.1 Å². The van der Waals surface area contributed by atoms with Crippen LogP contribution < -0.4 is 0 Å². The molecule has 2 heteroatoms. The molecule has 1 aromatic rings. The third-order valence-corrected chi connectivity index (χ3v) is 2.25. The fourth-order valence-electron chi connectivity index (χ4n) is 1.34. The fraction of sp³-hybridized carbons (Fsp3) is 0.455. The highest BCUT2D eigenvalue weighted by Crippen LogP contribution is 2.22. The Hall–Kier alpha value is -0.920. The van der Waals surface area contributed by atoms with Gasteiger partial charge in [-0.05, 0) is 17.5 Å². The predicted octanol–water partition coefficient (Wildman–Crippen LogP) is 3.46. The second-order valence-electron chi connectivity index (χ2n) is 3.23. The van der Waals surface area contributed by atoms with E-state index in [1.54, 1.807) is 25.1 Å². The molecule has 0 amide bonds. The largest absolute Gasteiger partial charge is 0.250 e. The number of benzene rings is 1. The Morgan fingerprint density at radius 2 is 2.08 bits per heavy atom. The highest BCUT2D eigenvalue weighted by atomic mass is 19.1. The summed E-state index contributed by atoms with van der Waals surface area (Å²) in [4.78, 5) is 0. The van der Waals surface area contributed by atoms with Crippen LogP contribution in [0, 0.1) is 5.82 Å². The van der Waals surface area contributed by atoms with Crippen LogP contribution in [0.4, 0.5) is 8.78 Å². The van der Waals surface area contributed by atoms with E-state index in [1.807, 2.05) is 6.92 Å². The van der Waals surface area contributed by atoms with Crippen molar-refractivity contribution in [3.8, 4) is 0 Å². The number of hydrogen-bond donors (Lipinski definition) is 0. The summed E-state index contributed by atoms with van der Waals surface area (Å²) in [5, 5.41) is 0. The minimum atomic E-state index is -0.510. The van der Waals surface area contributed by atoms with Crippen LogP contribution in [0.3, 0.4) is 0 Å². The van der Waals surface area contributed by atoms with E-state index in [0.29, 0.717) is 17.5 Å². The highest BCUT2D eigenvalue weighted by molar-refractivity contribution is 5.28. The third-order valence-electron chi connectivity index (χ3n) is 2.25.